The average Bonchev–Trinajstić information content (AvgIpc) is 2.29. The molecule has 0 spiro atoms. The topological polar surface area (TPSA) is 21.3 Å². The Morgan fingerprint density at radius 3 is 2.94 bits per heavy atom. The van der Waals surface area contributed by atoms with Crippen molar-refractivity contribution < 1.29 is 4.74 Å². The van der Waals surface area contributed by atoms with Gasteiger partial charge in [0, 0.05) is 17.9 Å². The fourth-order valence-corrected chi connectivity index (χ4v) is 2.51. The van der Waals surface area contributed by atoms with E-state index in [4.69, 9.17) is 4.74 Å². The van der Waals surface area contributed by atoms with E-state index in [1.165, 1.54) is 12.8 Å². The number of thioether (sulfide) groups is 1. The molecule has 1 fully saturated rings. The highest BCUT2D eigenvalue weighted by atomic mass is 32.2. The molecule has 96 valence electrons. The molecule has 0 aromatic carbocycles. The van der Waals surface area contributed by atoms with E-state index in [0.29, 0.717) is 6.04 Å². The summed E-state index contributed by atoms with van der Waals surface area (Å²) in [7, 11) is 0. The van der Waals surface area contributed by atoms with Crippen molar-refractivity contribution in [3.05, 3.63) is 0 Å². The fourth-order valence-electron chi connectivity index (χ4n) is 2.16. The first-order chi connectivity index (χ1) is 7.59. The van der Waals surface area contributed by atoms with E-state index in [1.807, 2.05) is 11.8 Å². The molecular weight excluding hydrogens is 218 g/mol. The molecule has 0 radical (unpaired) electrons. The highest BCUT2D eigenvalue weighted by molar-refractivity contribution is 7.99. The van der Waals surface area contributed by atoms with Gasteiger partial charge in [-0.1, -0.05) is 13.8 Å². The molecule has 3 unspecified atom stereocenters. The van der Waals surface area contributed by atoms with Crippen LogP contribution in [0.4, 0.5) is 0 Å². The van der Waals surface area contributed by atoms with Gasteiger partial charge in [-0.15, -0.1) is 0 Å². The van der Waals surface area contributed by atoms with E-state index < -0.39 is 0 Å². The molecule has 1 rings (SSSR count). The number of hydrogen-bond donors (Lipinski definition) is 1. The summed E-state index contributed by atoms with van der Waals surface area (Å²) >= 11 is 1.95. The lowest BCUT2D eigenvalue weighted by molar-refractivity contribution is -0.0778. The van der Waals surface area contributed by atoms with Crippen LogP contribution in [0.15, 0.2) is 0 Å². The summed E-state index contributed by atoms with van der Waals surface area (Å²) in [5, 5.41) is 4.45. The second-order valence-electron chi connectivity index (χ2n) is 5.13. The molecule has 1 heterocycles. The summed E-state index contributed by atoms with van der Waals surface area (Å²) < 4.78 is 5.85. The number of ether oxygens (including phenoxy) is 1. The minimum Gasteiger partial charge on any atom is -0.375 e. The lowest BCUT2D eigenvalue weighted by atomic mass is 9.90. The van der Waals surface area contributed by atoms with Crippen molar-refractivity contribution in [3.63, 3.8) is 0 Å². The van der Waals surface area contributed by atoms with Crippen molar-refractivity contribution >= 4 is 11.8 Å². The molecule has 0 saturated carbocycles. The molecule has 1 aliphatic heterocycles. The highest BCUT2D eigenvalue weighted by Crippen LogP contribution is 2.27. The van der Waals surface area contributed by atoms with Gasteiger partial charge in [0.25, 0.3) is 0 Å². The van der Waals surface area contributed by atoms with Gasteiger partial charge in [-0.3, -0.25) is 0 Å². The lowest BCUT2D eigenvalue weighted by Crippen LogP contribution is -2.45. The van der Waals surface area contributed by atoms with Crippen molar-refractivity contribution in [1.29, 1.82) is 0 Å². The maximum atomic E-state index is 5.85. The Bertz CT molecular complexity index is 200. The van der Waals surface area contributed by atoms with Gasteiger partial charge < -0.3 is 10.1 Å². The third-order valence-corrected chi connectivity index (χ3v) is 4.77. The molecule has 3 atom stereocenters. The molecule has 2 nitrogen and oxygen atoms in total. The summed E-state index contributed by atoms with van der Waals surface area (Å²) in [6, 6.07) is 0.660. The first-order valence-electron chi connectivity index (χ1n) is 6.50. The Balaban J connectivity index is 2.22. The maximum absolute atomic E-state index is 5.85. The molecular formula is C13H27NOS. The fraction of sp³-hybridized carbons (Fsp3) is 1.00. The van der Waals surface area contributed by atoms with Crippen LogP contribution in [0.25, 0.3) is 0 Å². The van der Waals surface area contributed by atoms with Crippen LogP contribution in [0.2, 0.25) is 0 Å². The first kappa shape index (κ1) is 14.3. The van der Waals surface area contributed by atoms with Crippen molar-refractivity contribution in [2.75, 3.05) is 19.4 Å². The SMILES string of the molecule is CCC1(C)CC(NCCC(C)SC)CCO1. The minimum atomic E-state index is 0.112. The van der Waals surface area contributed by atoms with Gasteiger partial charge in [0.05, 0.1) is 5.60 Å². The minimum absolute atomic E-state index is 0.112. The number of rotatable bonds is 6. The average molecular weight is 245 g/mol. The van der Waals surface area contributed by atoms with Crippen molar-refractivity contribution in [3.8, 4) is 0 Å². The third-order valence-electron chi connectivity index (χ3n) is 3.73. The number of hydrogen-bond acceptors (Lipinski definition) is 3. The van der Waals surface area contributed by atoms with Crippen molar-refractivity contribution in [2.45, 2.75) is 63.3 Å². The van der Waals surface area contributed by atoms with Gasteiger partial charge >= 0.3 is 0 Å². The van der Waals surface area contributed by atoms with E-state index >= 15 is 0 Å². The van der Waals surface area contributed by atoms with Gasteiger partial charge in [0.2, 0.25) is 0 Å². The van der Waals surface area contributed by atoms with Crippen LogP contribution in [0.3, 0.4) is 0 Å². The second kappa shape index (κ2) is 6.87. The van der Waals surface area contributed by atoms with E-state index in [-0.39, 0.29) is 5.60 Å². The molecule has 0 amide bonds. The molecule has 3 heteroatoms. The maximum Gasteiger partial charge on any atom is 0.0666 e. The van der Waals surface area contributed by atoms with Crippen LogP contribution in [-0.4, -0.2) is 36.3 Å². The van der Waals surface area contributed by atoms with Gasteiger partial charge in [-0.2, -0.15) is 11.8 Å². The quantitative estimate of drug-likeness (QED) is 0.777. The van der Waals surface area contributed by atoms with Gasteiger partial charge in [-0.25, -0.2) is 0 Å². The lowest BCUT2D eigenvalue weighted by Gasteiger charge is -2.38. The summed E-state index contributed by atoms with van der Waals surface area (Å²) in [5.41, 5.74) is 0.112. The third kappa shape index (κ3) is 4.64. The molecule has 1 aliphatic rings. The van der Waals surface area contributed by atoms with Crippen LogP contribution in [-0.2, 0) is 4.74 Å². The van der Waals surface area contributed by atoms with Crippen LogP contribution in [0.1, 0.15) is 46.5 Å². The summed E-state index contributed by atoms with van der Waals surface area (Å²) in [6.45, 7) is 8.82. The van der Waals surface area contributed by atoms with Crippen molar-refractivity contribution in [1.82, 2.24) is 5.32 Å². The predicted octanol–water partition coefficient (Wildman–Crippen LogP) is 3.07. The van der Waals surface area contributed by atoms with Gasteiger partial charge in [-0.05, 0) is 45.4 Å². The Morgan fingerprint density at radius 1 is 1.56 bits per heavy atom. The Hall–Kier alpha value is 0.270. The summed E-state index contributed by atoms with van der Waals surface area (Å²) in [6.07, 6.45) is 6.90. The van der Waals surface area contributed by atoms with Crippen LogP contribution < -0.4 is 5.32 Å². The van der Waals surface area contributed by atoms with Crippen LogP contribution in [0, 0.1) is 0 Å². The number of nitrogens with one attached hydrogen (secondary N) is 1. The highest BCUT2D eigenvalue weighted by Gasteiger charge is 2.31. The van der Waals surface area contributed by atoms with E-state index in [0.717, 1.165) is 31.2 Å². The first-order valence-corrected chi connectivity index (χ1v) is 7.78. The Kier molecular flexibility index (Phi) is 6.16. The zero-order valence-electron chi connectivity index (χ0n) is 11.2. The monoisotopic (exact) mass is 245 g/mol. The molecule has 0 aromatic rings. The molecule has 0 aliphatic carbocycles. The van der Waals surface area contributed by atoms with E-state index in [9.17, 15) is 0 Å². The van der Waals surface area contributed by atoms with E-state index in [1.54, 1.807) is 0 Å². The van der Waals surface area contributed by atoms with Gasteiger partial charge in [0.15, 0.2) is 0 Å². The molecule has 1 N–H and O–H groups in total. The second-order valence-corrected chi connectivity index (χ2v) is 6.41. The largest absolute Gasteiger partial charge is 0.375 e. The molecule has 1 saturated heterocycles. The standard InChI is InChI=1S/C13H27NOS/c1-5-13(3)10-12(7-9-15-13)14-8-6-11(2)16-4/h11-12,14H,5-10H2,1-4H3. The van der Waals surface area contributed by atoms with Crippen LogP contribution >= 0.6 is 11.8 Å². The predicted molar refractivity (Wildman–Crippen MR) is 73.3 cm³/mol. The zero-order chi connectivity index (χ0) is 12.0. The normalized spacial score (nSPS) is 32.6. The summed E-state index contributed by atoms with van der Waals surface area (Å²) in [4.78, 5) is 0. The molecule has 0 bridgehead atoms. The smallest absolute Gasteiger partial charge is 0.0666 e. The zero-order valence-corrected chi connectivity index (χ0v) is 12.0. The molecule has 16 heavy (non-hydrogen) atoms. The van der Waals surface area contributed by atoms with E-state index in [2.05, 4.69) is 32.3 Å². The van der Waals surface area contributed by atoms with Crippen molar-refractivity contribution in [2.24, 2.45) is 0 Å². The molecule has 0 aromatic heterocycles. The van der Waals surface area contributed by atoms with Gasteiger partial charge in [0.1, 0.15) is 0 Å². The Labute approximate surface area is 105 Å². The Morgan fingerprint density at radius 2 is 2.31 bits per heavy atom. The summed E-state index contributed by atoms with van der Waals surface area (Å²) in [5.74, 6) is 0. The van der Waals surface area contributed by atoms with Crippen LogP contribution in [0.5, 0.6) is 0 Å².